The first-order valence-electron chi connectivity index (χ1n) is 6.88. The number of carboxylic acids is 1. The second-order valence-corrected chi connectivity index (χ2v) is 5.49. The van der Waals surface area contributed by atoms with Crippen molar-refractivity contribution in [1.82, 2.24) is 10.2 Å². The number of nitrogens with zero attached hydrogens (tertiary/aromatic N) is 1. The molecule has 0 aromatic heterocycles. The largest absolute Gasteiger partial charge is 0.481 e. The molecule has 1 unspecified atom stereocenters. The number of hydrogen-bond acceptors (Lipinski definition) is 3. The summed E-state index contributed by atoms with van der Waals surface area (Å²) in [6.45, 7) is 1.16. The van der Waals surface area contributed by atoms with E-state index in [1.54, 1.807) is 12.0 Å². The molecule has 19 heavy (non-hydrogen) atoms. The van der Waals surface area contributed by atoms with Crippen LogP contribution in [0.3, 0.4) is 0 Å². The topological polar surface area (TPSA) is 78.9 Å². The molecule has 0 aromatic rings. The molecule has 1 saturated carbocycles. The lowest BCUT2D eigenvalue weighted by Gasteiger charge is -2.41. The number of ether oxygens (including phenoxy) is 1. The minimum atomic E-state index is -0.850. The van der Waals surface area contributed by atoms with E-state index in [1.165, 1.54) is 0 Å². The molecule has 0 radical (unpaired) electrons. The highest BCUT2D eigenvalue weighted by Crippen LogP contribution is 2.34. The van der Waals surface area contributed by atoms with Crippen LogP contribution in [0.2, 0.25) is 0 Å². The van der Waals surface area contributed by atoms with Crippen LogP contribution in [0.1, 0.15) is 38.5 Å². The number of carbonyl (C=O) groups excluding carboxylic acids is 1. The van der Waals surface area contributed by atoms with E-state index in [2.05, 4.69) is 5.32 Å². The summed E-state index contributed by atoms with van der Waals surface area (Å²) in [5.41, 5.74) is -0.197. The Balaban J connectivity index is 1.83. The van der Waals surface area contributed by atoms with Crippen LogP contribution in [-0.4, -0.2) is 53.8 Å². The van der Waals surface area contributed by atoms with E-state index in [4.69, 9.17) is 9.84 Å². The van der Waals surface area contributed by atoms with Crippen molar-refractivity contribution < 1.29 is 19.4 Å². The molecule has 6 nitrogen and oxygen atoms in total. The number of methoxy groups -OCH3 is 1. The van der Waals surface area contributed by atoms with Crippen LogP contribution in [0.15, 0.2) is 0 Å². The third-order valence-corrected chi connectivity index (χ3v) is 4.31. The third kappa shape index (κ3) is 3.18. The molecule has 1 saturated heterocycles. The van der Waals surface area contributed by atoms with E-state index < -0.39 is 5.97 Å². The highest BCUT2D eigenvalue weighted by molar-refractivity contribution is 5.76. The Morgan fingerprint density at radius 3 is 2.68 bits per heavy atom. The van der Waals surface area contributed by atoms with Crippen LogP contribution in [0, 0.1) is 0 Å². The smallest absolute Gasteiger partial charge is 0.317 e. The van der Waals surface area contributed by atoms with Crippen molar-refractivity contribution in [2.75, 3.05) is 20.2 Å². The van der Waals surface area contributed by atoms with E-state index >= 15 is 0 Å². The van der Waals surface area contributed by atoms with Gasteiger partial charge in [-0.1, -0.05) is 0 Å². The summed E-state index contributed by atoms with van der Waals surface area (Å²) in [5, 5.41) is 11.7. The Hall–Kier alpha value is -1.30. The van der Waals surface area contributed by atoms with Crippen molar-refractivity contribution in [3.63, 3.8) is 0 Å². The van der Waals surface area contributed by atoms with E-state index in [-0.39, 0.29) is 24.1 Å². The Morgan fingerprint density at radius 1 is 1.42 bits per heavy atom. The standard InChI is InChI=1S/C13H22N2O4/c1-19-13(5-3-6-13)9-14-12(18)15-7-2-4-10(15)8-11(16)17/h10H,2-9H2,1H3,(H,14,18)(H,16,17). The Kier molecular flexibility index (Phi) is 4.29. The summed E-state index contributed by atoms with van der Waals surface area (Å²) in [6.07, 6.45) is 4.76. The molecule has 0 bridgehead atoms. The number of rotatable bonds is 5. The van der Waals surface area contributed by atoms with Gasteiger partial charge >= 0.3 is 12.0 Å². The molecule has 0 spiro atoms. The zero-order chi connectivity index (χ0) is 13.9. The second kappa shape index (κ2) is 5.77. The molecular formula is C13H22N2O4. The fourth-order valence-electron chi connectivity index (χ4n) is 2.88. The number of nitrogens with one attached hydrogen (secondary N) is 1. The predicted molar refractivity (Wildman–Crippen MR) is 69.0 cm³/mol. The number of urea groups is 1. The maximum Gasteiger partial charge on any atom is 0.317 e. The van der Waals surface area contributed by atoms with Gasteiger partial charge in [0.05, 0.1) is 12.0 Å². The average molecular weight is 270 g/mol. The number of carboxylic acid groups (broad SMARTS) is 1. The van der Waals surface area contributed by atoms with Crippen LogP contribution in [-0.2, 0) is 9.53 Å². The zero-order valence-electron chi connectivity index (χ0n) is 11.4. The van der Waals surface area contributed by atoms with Gasteiger partial charge in [0.25, 0.3) is 0 Å². The summed E-state index contributed by atoms with van der Waals surface area (Å²) < 4.78 is 5.45. The number of amides is 2. The molecule has 2 fully saturated rings. The Bertz CT molecular complexity index is 349. The lowest BCUT2D eigenvalue weighted by atomic mass is 9.80. The van der Waals surface area contributed by atoms with Gasteiger partial charge in [0.1, 0.15) is 0 Å². The maximum atomic E-state index is 12.1. The monoisotopic (exact) mass is 270 g/mol. The molecule has 108 valence electrons. The van der Waals surface area contributed by atoms with E-state index in [1.807, 2.05) is 0 Å². The fraction of sp³-hybridized carbons (Fsp3) is 0.846. The molecule has 6 heteroatoms. The quantitative estimate of drug-likeness (QED) is 0.787. The summed E-state index contributed by atoms with van der Waals surface area (Å²) in [7, 11) is 1.68. The van der Waals surface area contributed by atoms with Gasteiger partial charge in [0, 0.05) is 26.2 Å². The summed E-state index contributed by atoms with van der Waals surface area (Å²) in [5.74, 6) is -0.850. The molecule has 2 N–H and O–H groups in total. The lowest BCUT2D eigenvalue weighted by molar-refractivity contribution is -0.137. The average Bonchev–Trinajstić information content (AvgIpc) is 2.75. The van der Waals surface area contributed by atoms with Crippen molar-refractivity contribution in [1.29, 1.82) is 0 Å². The first kappa shape index (κ1) is 14.1. The first-order chi connectivity index (χ1) is 9.06. The molecule has 0 aromatic carbocycles. The van der Waals surface area contributed by atoms with Crippen LogP contribution >= 0.6 is 0 Å². The van der Waals surface area contributed by atoms with Gasteiger partial charge in [-0.05, 0) is 32.1 Å². The van der Waals surface area contributed by atoms with Gasteiger partial charge in [-0.2, -0.15) is 0 Å². The van der Waals surface area contributed by atoms with Gasteiger partial charge in [-0.25, -0.2) is 4.79 Å². The fourth-order valence-corrected chi connectivity index (χ4v) is 2.88. The van der Waals surface area contributed by atoms with Crippen molar-refractivity contribution in [3.05, 3.63) is 0 Å². The predicted octanol–water partition coefficient (Wildman–Crippen LogP) is 1.20. The van der Waals surface area contributed by atoms with Crippen LogP contribution < -0.4 is 5.32 Å². The van der Waals surface area contributed by atoms with E-state index in [0.29, 0.717) is 13.1 Å². The van der Waals surface area contributed by atoms with Gasteiger partial charge in [-0.15, -0.1) is 0 Å². The normalized spacial score (nSPS) is 24.9. The van der Waals surface area contributed by atoms with Crippen LogP contribution in [0.4, 0.5) is 4.79 Å². The number of hydrogen-bond donors (Lipinski definition) is 2. The SMILES string of the molecule is COC1(CNC(=O)N2CCCC2CC(=O)O)CCC1. The molecule has 1 aliphatic heterocycles. The first-order valence-corrected chi connectivity index (χ1v) is 6.88. The zero-order valence-corrected chi connectivity index (χ0v) is 11.4. The van der Waals surface area contributed by atoms with Gasteiger partial charge in [-0.3, -0.25) is 4.79 Å². The van der Waals surface area contributed by atoms with Crippen molar-refractivity contribution in [2.45, 2.75) is 50.2 Å². The van der Waals surface area contributed by atoms with Crippen molar-refractivity contribution >= 4 is 12.0 Å². The van der Waals surface area contributed by atoms with E-state index in [0.717, 1.165) is 32.1 Å². The molecular weight excluding hydrogens is 248 g/mol. The summed E-state index contributed by atoms with van der Waals surface area (Å²) >= 11 is 0. The van der Waals surface area contributed by atoms with Crippen LogP contribution in [0.25, 0.3) is 0 Å². The molecule has 2 rings (SSSR count). The molecule has 2 amide bonds. The number of aliphatic carboxylic acids is 1. The van der Waals surface area contributed by atoms with Gasteiger partial charge in [0.2, 0.25) is 0 Å². The van der Waals surface area contributed by atoms with Crippen molar-refractivity contribution in [3.8, 4) is 0 Å². The number of carbonyl (C=O) groups is 2. The second-order valence-electron chi connectivity index (χ2n) is 5.49. The lowest BCUT2D eigenvalue weighted by Crippen LogP contribution is -2.53. The molecule has 1 atom stereocenters. The molecule has 1 aliphatic carbocycles. The molecule has 1 heterocycles. The maximum absolute atomic E-state index is 12.1. The third-order valence-electron chi connectivity index (χ3n) is 4.31. The van der Waals surface area contributed by atoms with Crippen molar-refractivity contribution in [2.24, 2.45) is 0 Å². The Labute approximate surface area is 113 Å². The minimum Gasteiger partial charge on any atom is -0.481 e. The molecule has 2 aliphatic rings. The number of likely N-dealkylation sites (tertiary alicyclic amines) is 1. The van der Waals surface area contributed by atoms with Gasteiger partial charge in [0.15, 0.2) is 0 Å². The van der Waals surface area contributed by atoms with Crippen LogP contribution in [0.5, 0.6) is 0 Å². The summed E-state index contributed by atoms with van der Waals surface area (Å²) in [4.78, 5) is 24.5. The van der Waals surface area contributed by atoms with Gasteiger partial charge < -0.3 is 20.1 Å². The summed E-state index contributed by atoms with van der Waals surface area (Å²) in [6, 6.07) is -0.329. The highest BCUT2D eigenvalue weighted by Gasteiger charge is 2.38. The highest BCUT2D eigenvalue weighted by atomic mass is 16.5. The Morgan fingerprint density at radius 2 is 2.16 bits per heavy atom. The van der Waals surface area contributed by atoms with E-state index in [9.17, 15) is 9.59 Å². The minimum absolute atomic E-state index is 0.0306.